The minimum atomic E-state index is -0.551. The van der Waals surface area contributed by atoms with Crippen LogP contribution in [0.5, 0.6) is 0 Å². The molecule has 6 nitrogen and oxygen atoms in total. The lowest BCUT2D eigenvalue weighted by molar-refractivity contribution is -0.174. The SMILES string of the molecule is CON(C)C(=O)[C@H]1[C@H]2C[C@H]2CN1C(=O)OC(C)(C)C. The van der Waals surface area contributed by atoms with E-state index in [2.05, 4.69) is 0 Å². The van der Waals surface area contributed by atoms with E-state index in [1.807, 2.05) is 20.8 Å². The second kappa shape index (κ2) is 4.67. The van der Waals surface area contributed by atoms with Crippen LogP contribution in [-0.4, -0.2) is 54.3 Å². The summed E-state index contributed by atoms with van der Waals surface area (Å²) >= 11 is 0. The highest BCUT2D eigenvalue weighted by molar-refractivity contribution is 5.86. The third-order valence-electron chi connectivity index (χ3n) is 3.62. The van der Waals surface area contributed by atoms with Gasteiger partial charge in [-0.25, -0.2) is 9.86 Å². The molecule has 2 aliphatic rings. The Labute approximate surface area is 113 Å². The molecule has 1 heterocycles. The normalized spacial score (nSPS) is 28.9. The zero-order valence-electron chi connectivity index (χ0n) is 12.2. The number of hydrogen-bond donors (Lipinski definition) is 0. The number of likely N-dealkylation sites (tertiary alicyclic amines) is 1. The van der Waals surface area contributed by atoms with Gasteiger partial charge in [-0.3, -0.25) is 14.5 Å². The van der Waals surface area contributed by atoms with Crippen LogP contribution in [0.2, 0.25) is 0 Å². The smallest absolute Gasteiger partial charge is 0.410 e. The molecule has 2 rings (SSSR count). The predicted molar refractivity (Wildman–Crippen MR) is 68.1 cm³/mol. The molecule has 2 fully saturated rings. The lowest BCUT2D eigenvalue weighted by Gasteiger charge is -2.31. The number of ether oxygens (including phenoxy) is 1. The number of fused-ring (bicyclic) bond motifs is 1. The number of carbonyl (C=O) groups excluding carboxylic acids is 2. The summed E-state index contributed by atoms with van der Waals surface area (Å²) in [5.41, 5.74) is -0.551. The monoisotopic (exact) mass is 270 g/mol. The molecule has 1 saturated heterocycles. The molecule has 1 saturated carbocycles. The first-order valence-electron chi connectivity index (χ1n) is 6.56. The van der Waals surface area contributed by atoms with Crippen LogP contribution in [0.15, 0.2) is 0 Å². The van der Waals surface area contributed by atoms with Crippen molar-refractivity contribution in [3.63, 3.8) is 0 Å². The molecule has 1 aliphatic heterocycles. The molecule has 3 atom stereocenters. The molecular formula is C13H22N2O4. The molecule has 0 bridgehead atoms. The zero-order chi connectivity index (χ0) is 14.4. The number of carbonyl (C=O) groups is 2. The Kier molecular flexibility index (Phi) is 3.47. The van der Waals surface area contributed by atoms with Crippen molar-refractivity contribution in [2.45, 2.75) is 38.8 Å². The van der Waals surface area contributed by atoms with E-state index < -0.39 is 17.7 Å². The summed E-state index contributed by atoms with van der Waals surface area (Å²) in [6.07, 6.45) is 0.593. The van der Waals surface area contributed by atoms with Crippen molar-refractivity contribution in [2.75, 3.05) is 20.7 Å². The maximum absolute atomic E-state index is 12.2. The molecule has 0 aromatic rings. The lowest BCUT2D eigenvalue weighted by Crippen LogP contribution is -2.49. The summed E-state index contributed by atoms with van der Waals surface area (Å²) in [6.45, 7) is 6.06. The molecular weight excluding hydrogens is 248 g/mol. The van der Waals surface area contributed by atoms with Gasteiger partial charge in [0.05, 0.1) is 7.11 Å². The molecule has 1 aliphatic carbocycles. The van der Waals surface area contributed by atoms with Crippen molar-refractivity contribution in [1.29, 1.82) is 0 Å². The highest BCUT2D eigenvalue weighted by Crippen LogP contribution is 2.50. The van der Waals surface area contributed by atoms with E-state index in [1.54, 1.807) is 11.9 Å². The van der Waals surface area contributed by atoms with E-state index in [9.17, 15) is 9.59 Å². The van der Waals surface area contributed by atoms with E-state index in [1.165, 1.54) is 12.2 Å². The van der Waals surface area contributed by atoms with E-state index in [-0.39, 0.29) is 11.8 Å². The Morgan fingerprint density at radius 1 is 1.32 bits per heavy atom. The maximum Gasteiger partial charge on any atom is 0.410 e. The molecule has 0 spiro atoms. The molecule has 108 valence electrons. The number of hydroxylamine groups is 2. The van der Waals surface area contributed by atoms with Gasteiger partial charge in [-0.1, -0.05) is 0 Å². The fourth-order valence-corrected chi connectivity index (χ4v) is 2.57. The average molecular weight is 270 g/mol. The average Bonchev–Trinajstić information content (AvgIpc) is 2.96. The van der Waals surface area contributed by atoms with Gasteiger partial charge in [0.2, 0.25) is 0 Å². The van der Waals surface area contributed by atoms with E-state index >= 15 is 0 Å². The van der Waals surface area contributed by atoms with Crippen molar-refractivity contribution >= 4 is 12.0 Å². The fourth-order valence-electron chi connectivity index (χ4n) is 2.57. The van der Waals surface area contributed by atoms with Gasteiger partial charge >= 0.3 is 6.09 Å². The number of rotatable bonds is 2. The van der Waals surface area contributed by atoms with Crippen LogP contribution in [0.4, 0.5) is 4.79 Å². The number of piperidine rings is 1. The van der Waals surface area contributed by atoms with Crippen LogP contribution in [-0.2, 0) is 14.4 Å². The van der Waals surface area contributed by atoms with Gasteiger partial charge in [0.1, 0.15) is 11.6 Å². The van der Waals surface area contributed by atoms with Crippen LogP contribution >= 0.6 is 0 Å². The van der Waals surface area contributed by atoms with Crippen molar-refractivity contribution in [3.8, 4) is 0 Å². The minimum Gasteiger partial charge on any atom is -0.444 e. The van der Waals surface area contributed by atoms with E-state index in [4.69, 9.17) is 9.57 Å². The summed E-state index contributed by atoms with van der Waals surface area (Å²) < 4.78 is 5.36. The molecule has 0 N–H and O–H groups in total. The van der Waals surface area contributed by atoms with Crippen LogP contribution in [0.3, 0.4) is 0 Å². The largest absolute Gasteiger partial charge is 0.444 e. The Morgan fingerprint density at radius 3 is 2.47 bits per heavy atom. The van der Waals surface area contributed by atoms with Crippen molar-refractivity contribution in [2.24, 2.45) is 11.8 Å². The molecule has 0 aromatic carbocycles. The van der Waals surface area contributed by atoms with Crippen LogP contribution < -0.4 is 0 Å². The van der Waals surface area contributed by atoms with Gasteiger partial charge in [-0.15, -0.1) is 0 Å². The molecule has 6 heteroatoms. The second-order valence-corrected chi connectivity index (χ2v) is 6.26. The number of hydrogen-bond acceptors (Lipinski definition) is 4. The van der Waals surface area contributed by atoms with Crippen molar-refractivity contribution < 1.29 is 19.2 Å². The Hall–Kier alpha value is -1.30. The van der Waals surface area contributed by atoms with Crippen LogP contribution in [0.1, 0.15) is 27.2 Å². The lowest BCUT2D eigenvalue weighted by atomic mass is 10.1. The Balaban J connectivity index is 2.08. The van der Waals surface area contributed by atoms with E-state index in [0.29, 0.717) is 12.5 Å². The Morgan fingerprint density at radius 2 is 1.95 bits per heavy atom. The topological polar surface area (TPSA) is 59.1 Å². The fraction of sp³-hybridized carbons (Fsp3) is 0.846. The summed E-state index contributed by atoms with van der Waals surface area (Å²) in [4.78, 5) is 30.9. The highest BCUT2D eigenvalue weighted by atomic mass is 16.7. The number of likely N-dealkylation sites (N-methyl/N-ethyl adjacent to an activating group) is 1. The molecule has 0 unspecified atom stereocenters. The van der Waals surface area contributed by atoms with Gasteiger partial charge < -0.3 is 4.74 Å². The second-order valence-electron chi connectivity index (χ2n) is 6.26. The van der Waals surface area contributed by atoms with Gasteiger partial charge in [-0.05, 0) is 39.0 Å². The maximum atomic E-state index is 12.2. The van der Waals surface area contributed by atoms with Crippen LogP contribution in [0, 0.1) is 11.8 Å². The predicted octanol–water partition coefficient (Wildman–Crippen LogP) is 1.26. The van der Waals surface area contributed by atoms with Gasteiger partial charge in [0, 0.05) is 13.6 Å². The molecule has 0 aromatic heterocycles. The molecule has 0 radical (unpaired) electrons. The van der Waals surface area contributed by atoms with E-state index in [0.717, 1.165) is 6.42 Å². The molecule has 19 heavy (non-hydrogen) atoms. The zero-order valence-corrected chi connectivity index (χ0v) is 12.2. The minimum absolute atomic E-state index is 0.182. The first-order chi connectivity index (χ1) is 8.74. The standard InChI is InChI=1S/C13H22N2O4/c1-13(2,3)19-12(17)15-7-8-6-9(8)10(15)11(16)14(4)18-5/h8-10H,6-7H2,1-5H3/t8-,9-,10+/m0/s1. The third-order valence-corrected chi connectivity index (χ3v) is 3.62. The first-order valence-corrected chi connectivity index (χ1v) is 6.56. The molecule has 2 amide bonds. The summed E-state index contributed by atoms with van der Waals surface area (Å²) in [6, 6.07) is -0.440. The number of nitrogens with zero attached hydrogens (tertiary/aromatic N) is 2. The first kappa shape index (κ1) is 14.1. The third kappa shape index (κ3) is 2.83. The van der Waals surface area contributed by atoms with Gasteiger partial charge in [0.25, 0.3) is 5.91 Å². The van der Waals surface area contributed by atoms with Crippen LogP contribution in [0.25, 0.3) is 0 Å². The van der Waals surface area contributed by atoms with Crippen molar-refractivity contribution in [1.82, 2.24) is 9.96 Å². The summed E-state index contributed by atoms with van der Waals surface area (Å²) in [7, 11) is 3.00. The quantitative estimate of drug-likeness (QED) is 0.709. The Bertz CT molecular complexity index is 391. The van der Waals surface area contributed by atoms with Crippen molar-refractivity contribution in [3.05, 3.63) is 0 Å². The summed E-state index contributed by atoms with van der Waals surface area (Å²) in [5, 5.41) is 1.18. The number of amides is 2. The summed E-state index contributed by atoms with van der Waals surface area (Å²) in [5.74, 6) is 0.516. The highest BCUT2D eigenvalue weighted by Gasteiger charge is 2.58. The van der Waals surface area contributed by atoms with Gasteiger partial charge in [-0.2, -0.15) is 0 Å². The van der Waals surface area contributed by atoms with Gasteiger partial charge in [0.15, 0.2) is 0 Å².